The van der Waals surface area contributed by atoms with Crippen LogP contribution in [0.1, 0.15) is 58.2 Å². The van der Waals surface area contributed by atoms with Crippen molar-refractivity contribution in [3.63, 3.8) is 0 Å². The van der Waals surface area contributed by atoms with Crippen LogP contribution in [0.15, 0.2) is 4.52 Å². The second kappa shape index (κ2) is 10.6. The molecule has 27 heavy (non-hydrogen) atoms. The Labute approximate surface area is 167 Å². The van der Waals surface area contributed by atoms with Gasteiger partial charge in [0.1, 0.15) is 0 Å². The number of likely N-dealkylation sites (tertiary alicyclic amines) is 1. The highest BCUT2D eigenvalue weighted by molar-refractivity contribution is 5.85. The van der Waals surface area contributed by atoms with E-state index in [1.54, 1.807) is 4.90 Å². The first-order valence-electron chi connectivity index (χ1n) is 9.40. The lowest BCUT2D eigenvalue weighted by Crippen LogP contribution is -2.46. The molecule has 8 nitrogen and oxygen atoms in total. The van der Waals surface area contributed by atoms with E-state index in [-0.39, 0.29) is 35.6 Å². The fourth-order valence-electron chi connectivity index (χ4n) is 2.97. The molecule has 1 aromatic heterocycles. The molecule has 1 aliphatic rings. The van der Waals surface area contributed by atoms with Crippen LogP contribution < -0.4 is 11.1 Å². The van der Waals surface area contributed by atoms with Crippen molar-refractivity contribution in [1.29, 1.82) is 0 Å². The van der Waals surface area contributed by atoms with E-state index in [9.17, 15) is 9.59 Å². The average Bonchev–Trinajstić information content (AvgIpc) is 3.09. The highest BCUT2D eigenvalue weighted by atomic mass is 35.5. The number of carbonyl (C=O) groups excluding carboxylic acids is 2. The molecule has 1 aliphatic heterocycles. The van der Waals surface area contributed by atoms with Gasteiger partial charge in [0.2, 0.25) is 17.7 Å². The number of hydrogen-bond acceptors (Lipinski definition) is 6. The van der Waals surface area contributed by atoms with E-state index in [0.29, 0.717) is 57.2 Å². The summed E-state index contributed by atoms with van der Waals surface area (Å²) in [5.74, 6) is 1.19. The van der Waals surface area contributed by atoms with Crippen LogP contribution in [0, 0.1) is 5.92 Å². The van der Waals surface area contributed by atoms with Crippen LogP contribution >= 0.6 is 12.4 Å². The van der Waals surface area contributed by atoms with Crippen molar-refractivity contribution in [2.45, 2.75) is 58.3 Å². The fraction of sp³-hybridized carbons (Fsp3) is 0.778. The van der Waals surface area contributed by atoms with Crippen molar-refractivity contribution in [1.82, 2.24) is 20.4 Å². The van der Waals surface area contributed by atoms with Gasteiger partial charge >= 0.3 is 0 Å². The lowest BCUT2D eigenvalue weighted by atomic mass is 9.96. The number of carbonyl (C=O) groups is 2. The number of amides is 2. The topological polar surface area (TPSA) is 114 Å². The minimum Gasteiger partial charge on any atom is -0.355 e. The molecular formula is C18H32ClN5O3. The predicted molar refractivity (Wildman–Crippen MR) is 105 cm³/mol. The van der Waals surface area contributed by atoms with Gasteiger partial charge in [0, 0.05) is 44.4 Å². The van der Waals surface area contributed by atoms with Gasteiger partial charge in [0.25, 0.3) is 0 Å². The van der Waals surface area contributed by atoms with Crippen LogP contribution in [0.25, 0.3) is 0 Å². The van der Waals surface area contributed by atoms with Gasteiger partial charge in [0.05, 0.1) is 5.92 Å². The molecule has 0 radical (unpaired) electrons. The maximum absolute atomic E-state index is 12.4. The Morgan fingerprint density at radius 3 is 2.74 bits per heavy atom. The van der Waals surface area contributed by atoms with Gasteiger partial charge in [-0.15, -0.1) is 12.4 Å². The van der Waals surface area contributed by atoms with Crippen molar-refractivity contribution >= 4 is 24.2 Å². The number of piperidine rings is 1. The summed E-state index contributed by atoms with van der Waals surface area (Å²) in [6, 6.07) is 0. The third-order valence-corrected chi connectivity index (χ3v) is 4.51. The van der Waals surface area contributed by atoms with Crippen LogP contribution in [0.4, 0.5) is 0 Å². The molecule has 9 heteroatoms. The number of nitrogens with one attached hydrogen (secondary N) is 1. The van der Waals surface area contributed by atoms with E-state index in [0.717, 1.165) is 12.8 Å². The Bertz CT molecular complexity index is 614. The van der Waals surface area contributed by atoms with E-state index in [4.69, 9.17) is 10.3 Å². The standard InChI is InChI=1S/C18H31N5O3.ClH/c1-18(2,3)17-21-14(26-22-17)7-4-8-15(24)23-11-5-6-13(12-23)16(25)20-10-9-19;/h13H,4-12,19H2,1-3H3,(H,20,25);1H. The first kappa shape index (κ1) is 23.4. The van der Waals surface area contributed by atoms with Crippen LogP contribution in [-0.2, 0) is 21.4 Å². The molecular weight excluding hydrogens is 370 g/mol. The van der Waals surface area contributed by atoms with Crippen LogP contribution in [0.5, 0.6) is 0 Å². The normalized spacial score (nSPS) is 17.3. The van der Waals surface area contributed by atoms with E-state index in [1.165, 1.54) is 0 Å². The third kappa shape index (κ3) is 7.10. The molecule has 1 aromatic rings. The first-order valence-corrected chi connectivity index (χ1v) is 9.40. The zero-order chi connectivity index (χ0) is 19.2. The van der Waals surface area contributed by atoms with Gasteiger partial charge in [-0.1, -0.05) is 25.9 Å². The summed E-state index contributed by atoms with van der Waals surface area (Å²) < 4.78 is 5.26. The van der Waals surface area contributed by atoms with Gasteiger partial charge < -0.3 is 20.5 Å². The summed E-state index contributed by atoms with van der Waals surface area (Å²) in [6.45, 7) is 8.20. The average molecular weight is 402 g/mol. The summed E-state index contributed by atoms with van der Waals surface area (Å²) in [5.41, 5.74) is 5.27. The number of halogens is 1. The first-order chi connectivity index (χ1) is 12.3. The number of aryl methyl sites for hydroxylation is 1. The van der Waals surface area contributed by atoms with Crippen molar-refractivity contribution in [2.75, 3.05) is 26.2 Å². The molecule has 0 saturated carbocycles. The second-order valence-corrected chi connectivity index (χ2v) is 7.87. The molecule has 2 amide bonds. The van der Waals surface area contributed by atoms with Gasteiger partial charge in [-0.2, -0.15) is 4.98 Å². The monoisotopic (exact) mass is 401 g/mol. The Morgan fingerprint density at radius 1 is 1.37 bits per heavy atom. The summed E-state index contributed by atoms with van der Waals surface area (Å²) in [5, 5.41) is 6.81. The lowest BCUT2D eigenvalue weighted by molar-refractivity contribution is -0.135. The van der Waals surface area contributed by atoms with E-state index in [1.807, 2.05) is 20.8 Å². The number of nitrogens with two attached hydrogens (primary N) is 1. The van der Waals surface area contributed by atoms with Gasteiger partial charge in [-0.25, -0.2) is 0 Å². The molecule has 154 valence electrons. The minimum atomic E-state index is -0.148. The maximum atomic E-state index is 12.4. The smallest absolute Gasteiger partial charge is 0.226 e. The summed E-state index contributed by atoms with van der Waals surface area (Å²) in [7, 11) is 0. The Morgan fingerprint density at radius 2 is 2.11 bits per heavy atom. The second-order valence-electron chi connectivity index (χ2n) is 7.87. The molecule has 3 N–H and O–H groups in total. The lowest BCUT2D eigenvalue weighted by Gasteiger charge is -2.32. The number of rotatable bonds is 7. The molecule has 1 fully saturated rings. The van der Waals surface area contributed by atoms with E-state index >= 15 is 0 Å². The van der Waals surface area contributed by atoms with Crippen LogP contribution in [0.3, 0.4) is 0 Å². The molecule has 2 rings (SSSR count). The fourth-order valence-corrected chi connectivity index (χ4v) is 2.97. The molecule has 0 bridgehead atoms. The van der Waals surface area contributed by atoms with Crippen molar-refractivity contribution in [3.8, 4) is 0 Å². The Balaban J connectivity index is 0.00000364. The number of nitrogens with zero attached hydrogens (tertiary/aromatic N) is 3. The summed E-state index contributed by atoms with van der Waals surface area (Å²) >= 11 is 0. The Hall–Kier alpha value is -1.67. The SMILES string of the molecule is CC(C)(C)c1noc(CCCC(=O)N2CCCC(C(=O)NCCN)C2)n1.Cl. The number of aromatic nitrogens is 2. The zero-order valence-electron chi connectivity index (χ0n) is 16.5. The van der Waals surface area contributed by atoms with Crippen LogP contribution in [-0.4, -0.2) is 53.0 Å². The van der Waals surface area contributed by atoms with Crippen LogP contribution in [0.2, 0.25) is 0 Å². The molecule has 0 aromatic carbocycles. The predicted octanol–water partition coefficient (Wildman–Crippen LogP) is 1.43. The molecule has 0 spiro atoms. The summed E-state index contributed by atoms with van der Waals surface area (Å²) in [6.07, 6.45) is 3.33. The quantitative estimate of drug-likeness (QED) is 0.714. The molecule has 1 saturated heterocycles. The summed E-state index contributed by atoms with van der Waals surface area (Å²) in [4.78, 5) is 30.7. The molecule has 1 atom stereocenters. The maximum Gasteiger partial charge on any atom is 0.226 e. The van der Waals surface area contributed by atoms with Gasteiger partial charge in [-0.05, 0) is 19.3 Å². The van der Waals surface area contributed by atoms with Crippen molar-refractivity contribution < 1.29 is 14.1 Å². The molecule has 0 aliphatic carbocycles. The largest absolute Gasteiger partial charge is 0.355 e. The third-order valence-electron chi connectivity index (χ3n) is 4.51. The highest BCUT2D eigenvalue weighted by Crippen LogP contribution is 2.20. The van der Waals surface area contributed by atoms with Crippen molar-refractivity contribution in [3.05, 3.63) is 11.7 Å². The Kier molecular flexibility index (Phi) is 9.18. The number of hydrogen-bond donors (Lipinski definition) is 2. The highest BCUT2D eigenvalue weighted by Gasteiger charge is 2.28. The van der Waals surface area contributed by atoms with Crippen molar-refractivity contribution in [2.24, 2.45) is 11.7 Å². The van der Waals surface area contributed by atoms with E-state index in [2.05, 4.69) is 15.5 Å². The zero-order valence-corrected chi connectivity index (χ0v) is 17.3. The minimum absolute atomic E-state index is 0. The van der Waals surface area contributed by atoms with E-state index < -0.39 is 0 Å². The van der Waals surface area contributed by atoms with Gasteiger partial charge in [0.15, 0.2) is 5.82 Å². The molecule has 2 heterocycles. The van der Waals surface area contributed by atoms with Gasteiger partial charge in [-0.3, -0.25) is 9.59 Å². The molecule has 1 unspecified atom stereocenters.